The van der Waals surface area contributed by atoms with Crippen LogP contribution in [0.1, 0.15) is 10.4 Å². The highest BCUT2D eigenvalue weighted by Crippen LogP contribution is 2.06. The van der Waals surface area contributed by atoms with Gasteiger partial charge in [0.25, 0.3) is 0 Å². The summed E-state index contributed by atoms with van der Waals surface area (Å²) in [4.78, 5) is 14.5. The highest BCUT2D eigenvalue weighted by molar-refractivity contribution is 5.89. The Kier molecular flexibility index (Phi) is 2.18. The van der Waals surface area contributed by atoms with Gasteiger partial charge in [0.1, 0.15) is 5.82 Å². The zero-order valence-corrected chi connectivity index (χ0v) is 5.58. The summed E-state index contributed by atoms with van der Waals surface area (Å²) in [7, 11) is 0. The molecule has 3 nitrogen and oxygen atoms in total. The first-order valence-corrected chi connectivity index (χ1v) is 2.91. The van der Waals surface area contributed by atoms with Crippen LogP contribution in [0.15, 0.2) is 24.3 Å². The Morgan fingerprint density at radius 3 is 2.64 bits per heavy atom. The Morgan fingerprint density at radius 1 is 1.45 bits per heavy atom. The molecule has 0 radical (unpaired) electrons. The number of benzene rings is 1. The quantitative estimate of drug-likeness (QED) is 0.612. The van der Waals surface area contributed by atoms with E-state index in [0.29, 0.717) is 0 Å². The lowest BCUT2D eigenvalue weighted by atomic mass is 10.2. The normalized spacial score (nSPS) is 9.27. The predicted octanol–water partition coefficient (Wildman–Crippen LogP) is 0.856. The SMILES string of the molecule is NOC(=O)c1ccccc1F. The third-order valence-corrected chi connectivity index (χ3v) is 1.20. The standard InChI is InChI=1S/C7H6FNO2/c8-6-4-2-1-3-5(6)7(10)11-9/h1-4H,9H2. The Morgan fingerprint density at radius 2 is 2.09 bits per heavy atom. The molecule has 0 aromatic heterocycles. The maximum Gasteiger partial charge on any atom is 0.359 e. The van der Waals surface area contributed by atoms with E-state index < -0.39 is 11.8 Å². The molecule has 2 N–H and O–H groups in total. The van der Waals surface area contributed by atoms with Crippen molar-refractivity contribution < 1.29 is 14.0 Å². The number of nitrogens with two attached hydrogens (primary N) is 1. The third kappa shape index (κ3) is 1.53. The number of halogens is 1. The molecule has 0 fully saturated rings. The van der Waals surface area contributed by atoms with Gasteiger partial charge in [-0.3, -0.25) is 0 Å². The molecule has 0 bridgehead atoms. The first-order chi connectivity index (χ1) is 5.25. The van der Waals surface area contributed by atoms with Crippen LogP contribution in [-0.2, 0) is 4.84 Å². The highest BCUT2D eigenvalue weighted by Gasteiger charge is 2.09. The number of hydrogen-bond donors (Lipinski definition) is 1. The van der Waals surface area contributed by atoms with Gasteiger partial charge in [0.15, 0.2) is 0 Å². The summed E-state index contributed by atoms with van der Waals surface area (Å²) in [5.41, 5.74) is -0.157. The first kappa shape index (κ1) is 7.68. The zero-order valence-electron chi connectivity index (χ0n) is 5.58. The lowest BCUT2D eigenvalue weighted by Gasteiger charge is -1.97. The maximum atomic E-state index is 12.7. The van der Waals surface area contributed by atoms with Crippen molar-refractivity contribution in [2.24, 2.45) is 5.90 Å². The average molecular weight is 155 g/mol. The Bertz CT molecular complexity index is 275. The fraction of sp³-hybridized carbons (Fsp3) is 0. The van der Waals surface area contributed by atoms with Crippen molar-refractivity contribution in [2.45, 2.75) is 0 Å². The molecule has 4 heteroatoms. The maximum absolute atomic E-state index is 12.7. The van der Waals surface area contributed by atoms with Gasteiger partial charge in [-0.05, 0) is 12.1 Å². The molecule has 0 aliphatic rings. The molecule has 1 aromatic rings. The van der Waals surface area contributed by atoms with Crippen molar-refractivity contribution in [3.8, 4) is 0 Å². The summed E-state index contributed by atoms with van der Waals surface area (Å²) in [6.07, 6.45) is 0. The molecule has 0 unspecified atom stereocenters. The van der Waals surface area contributed by atoms with Crippen LogP contribution in [0.2, 0.25) is 0 Å². The van der Waals surface area contributed by atoms with E-state index in [0.717, 1.165) is 6.07 Å². The minimum absolute atomic E-state index is 0.157. The monoisotopic (exact) mass is 155 g/mol. The Balaban J connectivity index is 3.03. The van der Waals surface area contributed by atoms with Crippen molar-refractivity contribution in [3.63, 3.8) is 0 Å². The van der Waals surface area contributed by atoms with Crippen molar-refractivity contribution in [1.82, 2.24) is 0 Å². The predicted molar refractivity (Wildman–Crippen MR) is 36.0 cm³/mol. The fourth-order valence-electron chi connectivity index (χ4n) is 0.690. The fourth-order valence-corrected chi connectivity index (χ4v) is 0.690. The molecule has 1 rings (SSSR count). The van der Waals surface area contributed by atoms with Gasteiger partial charge in [-0.2, -0.15) is 5.90 Å². The molecule has 0 atom stereocenters. The van der Waals surface area contributed by atoms with E-state index >= 15 is 0 Å². The van der Waals surface area contributed by atoms with E-state index in [-0.39, 0.29) is 5.56 Å². The van der Waals surface area contributed by atoms with Crippen LogP contribution in [0.3, 0.4) is 0 Å². The molecule has 0 spiro atoms. The smallest absolute Gasteiger partial charge is 0.359 e. The summed E-state index contributed by atoms with van der Waals surface area (Å²) in [6.45, 7) is 0. The largest absolute Gasteiger partial charge is 0.370 e. The number of hydrogen-bond acceptors (Lipinski definition) is 3. The molecule has 1 aromatic carbocycles. The zero-order chi connectivity index (χ0) is 8.27. The van der Waals surface area contributed by atoms with Gasteiger partial charge in [0.05, 0.1) is 5.56 Å². The Labute approximate surface area is 62.5 Å². The second kappa shape index (κ2) is 3.12. The van der Waals surface area contributed by atoms with Gasteiger partial charge in [-0.1, -0.05) is 12.1 Å². The second-order valence-electron chi connectivity index (χ2n) is 1.89. The molecule has 0 aliphatic heterocycles. The van der Waals surface area contributed by atoms with Crippen molar-refractivity contribution in [2.75, 3.05) is 0 Å². The number of carbonyl (C=O) groups is 1. The number of rotatable bonds is 1. The van der Waals surface area contributed by atoms with Crippen molar-refractivity contribution in [1.29, 1.82) is 0 Å². The third-order valence-electron chi connectivity index (χ3n) is 1.20. The molecular formula is C7H6FNO2. The lowest BCUT2D eigenvalue weighted by molar-refractivity contribution is 0.0498. The van der Waals surface area contributed by atoms with E-state index in [1.165, 1.54) is 18.2 Å². The minimum atomic E-state index is -0.872. The second-order valence-corrected chi connectivity index (χ2v) is 1.89. The molecule has 0 aliphatic carbocycles. The average Bonchev–Trinajstić information content (AvgIpc) is 2.04. The van der Waals surface area contributed by atoms with Gasteiger partial charge < -0.3 is 4.84 Å². The molecular weight excluding hydrogens is 149 g/mol. The van der Waals surface area contributed by atoms with Crippen LogP contribution in [-0.4, -0.2) is 5.97 Å². The minimum Gasteiger partial charge on any atom is -0.370 e. The molecule has 58 valence electrons. The van der Waals surface area contributed by atoms with Crippen LogP contribution < -0.4 is 5.90 Å². The molecule has 0 saturated heterocycles. The van der Waals surface area contributed by atoms with E-state index in [1.807, 2.05) is 0 Å². The van der Waals surface area contributed by atoms with Gasteiger partial charge in [0, 0.05) is 0 Å². The van der Waals surface area contributed by atoms with Crippen LogP contribution in [0.4, 0.5) is 4.39 Å². The lowest BCUT2D eigenvalue weighted by Crippen LogP contribution is -2.11. The highest BCUT2D eigenvalue weighted by atomic mass is 19.1. The summed E-state index contributed by atoms with van der Waals surface area (Å²) in [5.74, 6) is 3.05. The van der Waals surface area contributed by atoms with Crippen molar-refractivity contribution >= 4 is 5.97 Å². The molecule has 0 heterocycles. The topological polar surface area (TPSA) is 52.3 Å². The Hall–Kier alpha value is -1.42. The molecule has 0 saturated carbocycles. The summed E-state index contributed by atoms with van der Waals surface area (Å²) in [6, 6.07) is 5.45. The van der Waals surface area contributed by atoms with Gasteiger partial charge in [0.2, 0.25) is 0 Å². The van der Waals surface area contributed by atoms with Crippen LogP contribution in [0.5, 0.6) is 0 Å². The number of carbonyl (C=O) groups excluding carboxylic acids is 1. The van der Waals surface area contributed by atoms with Crippen LogP contribution in [0, 0.1) is 5.82 Å². The molecule has 11 heavy (non-hydrogen) atoms. The van der Waals surface area contributed by atoms with E-state index in [4.69, 9.17) is 0 Å². The van der Waals surface area contributed by atoms with E-state index in [2.05, 4.69) is 10.7 Å². The molecule has 0 amide bonds. The summed E-state index contributed by atoms with van der Waals surface area (Å²) >= 11 is 0. The van der Waals surface area contributed by atoms with Gasteiger partial charge >= 0.3 is 5.97 Å². The van der Waals surface area contributed by atoms with Crippen LogP contribution in [0.25, 0.3) is 0 Å². The van der Waals surface area contributed by atoms with Crippen LogP contribution >= 0.6 is 0 Å². The van der Waals surface area contributed by atoms with Gasteiger partial charge in [-0.15, -0.1) is 0 Å². The van der Waals surface area contributed by atoms with E-state index in [9.17, 15) is 9.18 Å². The summed E-state index contributed by atoms with van der Waals surface area (Å²) < 4.78 is 12.7. The van der Waals surface area contributed by atoms with Crippen molar-refractivity contribution in [3.05, 3.63) is 35.6 Å². The first-order valence-electron chi connectivity index (χ1n) is 2.91. The van der Waals surface area contributed by atoms with Gasteiger partial charge in [-0.25, -0.2) is 9.18 Å². The summed E-state index contributed by atoms with van der Waals surface area (Å²) in [5, 5.41) is 0. The van der Waals surface area contributed by atoms with E-state index in [1.54, 1.807) is 0 Å².